The molecule has 1 unspecified atom stereocenters. The molecule has 6 heteroatoms. The predicted molar refractivity (Wildman–Crippen MR) is 112 cm³/mol. The Morgan fingerprint density at radius 1 is 1.21 bits per heavy atom. The summed E-state index contributed by atoms with van der Waals surface area (Å²) in [5.74, 6) is 0.425. The molecule has 0 aromatic heterocycles. The number of thioether (sulfide) groups is 1. The second-order valence-electron chi connectivity index (χ2n) is 7.80. The van der Waals surface area contributed by atoms with Gasteiger partial charge < -0.3 is 9.64 Å². The van der Waals surface area contributed by atoms with Gasteiger partial charge in [-0.3, -0.25) is 4.79 Å². The van der Waals surface area contributed by atoms with Crippen molar-refractivity contribution >= 4 is 35.2 Å². The minimum absolute atomic E-state index is 0.0573. The lowest BCUT2D eigenvalue weighted by molar-refractivity contribution is -0.133. The normalized spacial score (nSPS) is 21.1. The summed E-state index contributed by atoms with van der Waals surface area (Å²) in [7, 11) is 0. The van der Waals surface area contributed by atoms with E-state index in [1.165, 1.54) is 0 Å². The number of benzene rings is 2. The molecule has 1 atom stereocenters. The van der Waals surface area contributed by atoms with Crippen molar-refractivity contribution in [2.24, 2.45) is 0 Å². The Bertz CT molecular complexity index is 945. The third-order valence-electron chi connectivity index (χ3n) is 5.51. The Balaban J connectivity index is 1.47. The maximum atomic E-state index is 13.2. The molecule has 0 N–H and O–H groups in total. The first-order valence-corrected chi connectivity index (χ1v) is 10.7. The highest BCUT2D eigenvalue weighted by atomic mass is 35.5. The van der Waals surface area contributed by atoms with Gasteiger partial charge in [0.15, 0.2) is 5.60 Å². The summed E-state index contributed by atoms with van der Waals surface area (Å²) in [4.78, 5) is 27.3. The van der Waals surface area contributed by atoms with Crippen molar-refractivity contribution < 1.29 is 14.3 Å². The third-order valence-corrected chi connectivity index (χ3v) is 7.23. The molecule has 146 valence electrons. The summed E-state index contributed by atoms with van der Waals surface area (Å²) in [5.41, 5.74) is 1.83. The number of carbonyl (C=O) groups excluding carboxylic acids is 2. The molecular formula is C22H22ClNO3S. The Morgan fingerprint density at radius 2 is 1.93 bits per heavy atom. The van der Waals surface area contributed by atoms with Crippen LogP contribution < -0.4 is 0 Å². The number of amides is 1. The van der Waals surface area contributed by atoms with Gasteiger partial charge in [0.05, 0.1) is 16.9 Å². The number of nitrogens with zero attached hydrogens (tertiary/aromatic N) is 1. The van der Waals surface area contributed by atoms with Crippen LogP contribution in [0.4, 0.5) is 0 Å². The average Bonchev–Trinajstić information content (AvgIpc) is 3.23. The van der Waals surface area contributed by atoms with Gasteiger partial charge in [0, 0.05) is 29.3 Å². The molecule has 2 aliphatic heterocycles. The van der Waals surface area contributed by atoms with Crippen LogP contribution in [0.5, 0.6) is 0 Å². The highest BCUT2D eigenvalue weighted by molar-refractivity contribution is 8.00. The summed E-state index contributed by atoms with van der Waals surface area (Å²) in [5, 5.41) is 0.716. The number of likely N-dealkylation sites (tertiary alicyclic amines) is 1. The fraction of sp³-hybridized carbons (Fsp3) is 0.364. The van der Waals surface area contributed by atoms with E-state index in [1.54, 1.807) is 17.8 Å². The molecule has 1 spiro atoms. The van der Waals surface area contributed by atoms with E-state index in [0.29, 0.717) is 35.8 Å². The number of ether oxygens (including phenoxy) is 1. The fourth-order valence-electron chi connectivity index (χ4n) is 3.92. The van der Waals surface area contributed by atoms with Gasteiger partial charge in [-0.1, -0.05) is 48.0 Å². The van der Waals surface area contributed by atoms with Crippen LogP contribution in [0.1, 0.15) is 41.8 Å². The number of fused-ring (bicyclic) bond motifs is 2. The third kappa shape index (κ3) is 3.31. The summed E-state index contributed by atoms with van der Waals surface area (Å²) in [6.07, 6.45) is 0.632. The van der Waals surface area contributed by atoms with E-state index in [4.69, 9.17) is 16.3 Å². The van der Waals surface area contributed by atoms with E-state index in [-0.39, 0.29) is 11.9 Å². The molecule has 0 aliphatic carbocycles. The smallest absolute Gasteiger partial charge is 0.339 e. The molecule has 0 bridgehead atoms. The molecular weight excluding hydrogens is 394 g/mol. The van der Waals surface area contributed by atoms with Crippen LogP contribution in [0, 0.1) is 0 Å². The van der Waals surface area contributed by atoms with E-state index >= 15 is 0 Å². The van der Waals surface area contributed by atoms with Crippen LogP contribution in [-0.4, -0.2) is 34.6 Å². The Labute approximate surface area is 174 Å². The van der Waals surface area contributed by atoms with Gasteiger partial charge in [-0.05, 0) is 31.5 Å². The summed E-state index contributed by atoms with van der Waals surface area (Å²) < 4.78 is 5.16. The zero-order chi connectivity index (χ0) is 19.9. The highest BCUT2D eigenvalue weighted by Gasteiger charge is 2.52. The maximum absolute atomic E-state index is 13.2. The number of hydrogen-bond acceptors (Lipinski definition) is 4. The second-order valence-corrected chi connectivity index (χ2v) is 9.80. The van der Waals surface area contributed by atoms with Crippen LogP contribution in [0.15, 0.2) is 48.5 Å². The van der Waals surface area contributed by atoms with Gasteiger partial charge in [0.1, 0.15) is 0 Å². The lowest BCUT2D eigenvalue weighted by Crippen LogP contribution is -2.44. The van der Waals surface area contributed by atoms with Gasteiger partial charge in [-0.2, -0.15) is 0 Å². The van der Waals surface area contributed by atoms with Crippen molar-refractivity contribution in [3.05, 3.63) is 70.2 Å². The summed E-state index contributed by atoms with van der Waals surface area (Å²) >= 11 is 7.82. The van der Waals surface area contributed by atoms with Crippen molar-refractivity contribution in [2.75, 3.05) is 13.1 Å². The zero-order valence-corrected chi connectivity index (χ0v) is 17.5. The molecule has 0 saturated carbocycles. The van der Waals surface area contributed by atoms with Crippen molar-refractivity contribution in [2.45, 2.75) is 36.4 Å². The van der Waals surface area contributed by atoms with E-state index in [1.807, 2.05) is 61.2 Å². The topological polar surface area (TPSA) is 46.6 Å². The highest BCUT2D eigenvalue weighted by Crippen LogP contribution is 2.44. The van der Waals surface area contributed by atoms with Crippen LogP contribution in [0.2, 0.25) is 5.02 Å². The predicted octanol–water partition coefficient (Wildman–Crippen LogP) is 4.65. The Kier molecular flexibility index (Phi) is 4.92. The monoisotopic (exact) mass is 415 g/mol. The van der Waals surface area contributed by atoms with E-state index in [9.17, 15) is 9.59 Å². The van der Waals surface area contributed by atoms with Gasteiger partial charge in [-0.25, -0.2) is 4.79 Å². The van der Waals surface area contributed by atoms with E-state index in [0.717, 1.165) is 11.1 Å². The molecule has 4 rings (SSSR count). The van der Waals surface area contributed by atoms with Crippen LogP contribution in [-0.2, 0) is 20.9 Å². The van der Waals surface area contributed by atoms with Crippen molar-refractivity contribution in [1.29, 1.82) is 0 Å². The number of halogens is 1. The minimum atomic E-state index is -0.702. The van der Waals surface area contributed by atoms with Gasteiger partial charge in [0.2, 0.25) is 5.91 Å². The molecule has 2 aromatic rings. The van der Waals surface area contributed by atoms with Crippen LogP contribution in [0.3, 0.4) is 0 Å². The largest absolute Gasteiger partial charge is 0.449 e. The Morgan fingerprint density at radius 3 is 2.71 bits per heavy atom. The first-order chi connectivity index (χ1) is 13.3. The van der Waals surface area contributed by atoms with Crippen LogP contribution >= 0.6 is 23.4 Å². The number of carbonyl (C=O) groups is 2. The standard InChI is InChI=1S/C22H22ClNO3S/c1-21(2,28-13-15-7-3-6-10-18(15)23)20(26)24-12-11-22(14-24)17-9-5-4-8-16(17)19(25)27-22/h3-10H,11-14H2,1-2H3. The van der Waals surface area contributed by atoms with Crippen LogP contribution in [0.25, 0.3) is 0 Å². The summed E-state index contributed by atoms with van der Waals surface area (Å²) in [6, 6.07) is 15.2. The lowest BCUT2D eigenvalue weighted by Gasteiger charge is -2.30. The molecule has 2 heterocycles. The first kappa shape index (κ1) is 19.3. The average molecular weight is 416 g/mol. The van der Waals surface area contributed by atoms with Crippen molar-refractivity contribution in [3.63, 3.8) is 0 Å². The number of hydrogen-bond donors (Lipinski definition) is 0. The lowest BCUT2D eigenvalue weighted by atomic mass is 9.91. The SMILES string of the molecule is CC(C)(SCc1ccccc1Cl)C(=O)N1CCC2(C1)OC(=O)c1ccccc12. The number of esters is 1. The van der Waals surface area contributed by atoms with E-state index < -0.39 is 10.3 Å². The van der Waals surface area contributed by atoms with Gasteiger partial charge in [-0.15, -0.1) is 11.8 Å². The molecule has 1 amide bonds. The molecule has 0 radical (unpaired) electrons. The quantitative estimate of drug-likeness (QED) is 0.682. The fourth-order valence-corrected chi connectivity index (χ4v) is 5.22. The zero-order valence-electron chi connectivity index (χ0n) is 15.9. The molecule has 1 fully saturated rings. The molecule has 28 heavy (non-hydrogen) atoms. The van der Waals surface area contributed by atoms with Crippen molar-refractivity contribution in [3.8, 4) is 0 Å². The van der Waals surface area contributed by atoms with E-state index in [2.05, 4.69) is 0 Å². The Hall–Kier alpha value is -1.98. The maximum Gasteiger partial charge on any atom is 0.339 e. The first-order valence-electron chi connectivity index (χ1n) is 9.32. The molecule has 2 aromatic carbocycles. The molecule has 1 saturated heterocycles. The molecule has 4 nitrogen and oxygen atoms in total. The van der Waals surface area contributed by atoms with Crippen molar-refractivity contribution in [1.82, 2.24) is 4.90 Å². The van der Waals surface area contributed by atoms with Gasteiger partial charge >= 0.3 is 5.97 Å². The van der Waals surface area contributed by atoms with Gasteiger partial charge in [0.25, 0.3) is 0 Å². The minimum Gasteiger partial charge on any atom is -0.449 e. The second kappa shape index (κ2) is 7.12. The number of rotatable bonds is 4. The molecule has 2 aliphatic rings. The summed E-state index contributed by atoms with van der Waals surface area (Å²) in [6.45, 7) is 4.87.